The predicted molar refractivity (Wildman–Crippen MR) is 81.6 cm³/mol. The van der Waals surface area contributed by atoms with E-state index < -0.39 is 16.1 Å². The van der Waals surface area contributed by atoms with E-state index in [1.54, 1.807) is 55.5 Å². The van der Waals surface area contributed by atoms with Crippen LogP contribution in [0.25, 0.3) is 0 Å². The quantitative estimate of drug-likeness (QED) is 0.920. The minimum absolute atomic E-state index is 0.219. The van der Waals surface area contributed by atoms with Crippen molar-refractivity contribution in [1.29, 1.82) is 0 Å². The van der Waals surface area contributed by atoms with Crippen LogP contribution in [0.15, 0.2) is 53.4 Å². The molecule has 0 saturated heterocycles. The maximum Gasteiger partial charge on any atom is 0.241 e. The van der Waals surface area contributed by atoms with Gasteiger partial charge in [0.25, 0.3) is 0 Å². The third kappa shape index (κ3) is 3.52. The Bertz CT molecular complexity index is 702. The van der Waals surface area contributed by atoms with Crippen molar-refractivity contribution in [2.24, 2.45) is 0 Å². The Hall–Kier alpha value is -1.07. The van der Waals surface area contributed by atoms with Crippen molar-refractivity contribution in [2.45, 2.75) is 17.9 Å². The average Bonchev–Trinajstić information content (AvgIpc) is 2.39. The molecule has 0 spiro atoms. The number of sulfonamides is 1. The molecule has 6 heteroatoms. The van der Waals surface area contributed by atoms with Gasteiger partial charge in [0.15, 0.2) is 0 Å². The lowest BCUT2D eigenvalue weighted by atomic mass is 10.1. The second-order valence-electron chi connectivity index (χ2n) is 4.32. The van der Waals surface area contributed by atoms with E-state index in [9.17, 15) is 8.42 Å². The summed E-state index contributed by atoms with van der Waals surface area (Å²) in [5.41, 5.74) is 0.676. The van der Waals surface area contributed by atoms with Crippen molar-refractivity contribution in [3.05, 3.63) is 64.1 Å². The number of hydrogen-bond donors (Lipinski definition) is 1. The van der Waals surface area contributed by atoms with E-state index in [1.807, 2.05) is 0 Å². The summed E-state index contributed by atoms with van der Waals surface area (Å²) >= 11 is 11.9. The van der Waals surface area contributed by atoms with Crippen molar-refractivity contribution < 1.29 is 8.42 Å². The largest absolute Gasteiger partial charge is 0.241 e. The van der Waals surface area contributed by atoms with Gasteiger partial charge in [-0.25, -0.2) is 13.1 Å². The molecule has 1 N–H and O–H groups in total. The minimum Gasteiger partial charge on any atom is -0.207 e. The van der Waals surface area contributed by atoms with Crippen LogP contribution in [0.5, 0.6) is 0 Å². The fourth-order valence-electron chi connectivity index (χ4n) is 1.82. The molecule has 0 heterocycles. The lowest BCUT2D eigenvalue weighted by Crippen LogP contribution is -2.27. The van der Waals surface area contributed by atoms with Gasteiger partial charge in [-0.3, -0.25) is 0 Å². The lowest BCUT2D eigenvalue weighted by molar-refractivity contribution is 0.567. The molecule has 20 heavy (non-hydrogen) atoms. The van der Waals surface area contributed by atoms with Crippen molar-refractivity contribution in [3.8, 4) is 0 Å². The highest BCUT2D eigenvalue weighted by Crippen LogP contribution is 2.27. The molecule has 0 amide bonds. The lowest BCUT2D eigenvalue weighted by Gasteiger charge is -2.16. The maximum atomic E-state index is 12.2. The zero-order chi connectivity index (χ0) is 14.8. The van der Waals surface area contributed by atoms with E-state index in [2.05, 4.69) is 4.72 Å². The van der Waals surface area contributed by atoms with E-state index in [1.165, 1.54) is 0 Å². The summed E-state index contributed by atoms with van der Waals surface area (Å²) in [6, 6.07) is 12.7. The molecule has 0 bridgehead atoms. The number of rotatable bonds is 4. The third-order valence-electron chi connectivity index (χ3n) is 2.81. The van der Waals surface area contributed by atoms with Gasteiger partial charge < -0.3 is 0 Å². The SMILES string of the molecule is C[C@@H](NS(=O)(=O)c1ccccc1)c1ccc(Cl)cc1Cl. The van der Waals surface area contributed by atoms with Crippen LogP contribution in [0, 0.1) is 0 Å². The highest BCUT2D eigenvalue weighted by atomic mass is 35.5. The summed E-state index contributed by atoms with van der Waals surface area (Å²) in [6.07, 6.45) is 0. The normalized spacial score (nSPS) is 13.2. The van der Waals surface area contributed by atoms with Gasteiger partial charge in [0.1, 0.15) is 0 Å². The van der Waals surface area contributed by atoms with Crippen molar-refractivity contribution in [3.63, 3.8) is 0 Å². The summed E-state index contributed by atoms with van der Waals surface area (Å²) < 4.78 is 27.0. The zero-order valence-electron chi connectivity index (χ0n) is 10.7. The van der Waals surface area contributed by atoms with Crippen LogP contribution < -0.4 is 4.72 Å². The molecule has 2 aromatic carbocycles. The molecule has 0 saturated carbocycles. The first-order chi connectivity index (χ1) is 9.40. The number of nitrogens with one attached hydrogen (secondary N) is 1. The standard InChI is InChI=1S/C14H13Cl2NO2S/c1-10(13-8-7-11(15)9-14(13)16)17-20(18,19)12-5-3-2-4-6-12/h2-10,17H,1H3/t10-/m1/s1. The zero-order valence-corrected chi connectivity index (χ0v) is 13.0. The van der Waals surface area contributed by atoms with Gasteiger partial charge in [0.05, 0.1) is 4.90 Å². The van der Waals surface area contributed by atoms with Crippen molar-refractivity contribution in [2.75, 3.05) is 0 Å². The molecule has 0 aliphatic rings. The van der Waals surface area contributed by atoms with E-state index >= 15 is 0 Å². The van der Waals surface area contributed by atoms with E-state index in [4.69, 9.17) is 23.2 Å². The fraction of sp³-hybridized carbons (Fsp3) is 0.143. The van der Waals surface area contributed by atoms with Crippen molar-refractivity contribution >= 4 is 33.2 Å². The third-order valence-corrected chi connectivity index (χ3v) is 4.93. The van der Waals surface area contributed by atoms with Gasteiger partial charge in [0, 0.05) is 16.1 Å². The molecule has 3 nitrogen and oxygen atoms in total. The molecular formula is C14H13Cl2NO2S. The van der Waals surface area contributed by atoms with Crippen molar-refractivity contribution in [1.82, 2.24) is 4.72 Å². The first kappa shape index (κ1) is 15.3. The number of hydrogen-bond acceptors (Lipinski definition) is 2. The van der Waals surface area contributed by atoms with Crippen LogP contribution in [0.2, 0.25) is 10.0 Å². The topological polar surface area (TPSA) is 46.2 Å². The van der Waals surface area contributed by atoms with E-state index in [-0.39, 0.29) is 4.90 Å². The van der Waals surface area contributed by atoms with Gasteiger partial charge in [0.2, 0.25) is 10.0 Å². The molecule has 1 atom stereocenters. The summed E-state index contributed by atoms with van der Waals surface area (Å²) in [7, 11) is -3.58. The van der Waals surface area contributed by atoms with Gasteiger partial charge in [-0.1, -0.05) is 47.5 Å². The minimum atomic E-state index is -3.58. The van der Waals surface area contributed by atoms with Crippen LogP contribution in [0.1, 0.15) is 18.5 Å². The Morgan fingerprint density at radius 1 is 1.05 bits per heavy atom. The smallest absolute Gasteiger partial charge is 0.207 e. The summed E-state index contributed by atoms with van der Waals surface area (Å²) in [5, 5.41) is 0.942. The molecule has 0 aliphatic carbocycles. The molecule has 0 unspecified atom stereocenters. The second kappa shape index (κ2) is 6.14. The second-order valence-corrected chi connectivity index (χ2v) is 6.88. The van der Waals surface area contributed by atoms with Gasteiger partial charge in [-0.05, 0) is 36.8 Å². The maximum absolute atomic E-state index is 12.2. The van der Waals surface area contributed by atoms with Crippen LogP contribution in [-0.2, 0) is 10.0 Å². The Morgan fingerprint density at radius 2 is 1.70 bits per heavy atom. The molecule has 106 valence electrons. The number of benzene rings is 2. The van der Waals surface area contributed by atoms with Crippen LogP contribution in [0.4, 0.5) is 0 Å². The average molecular weight is 330 g/mol. The van der Waals surface area contributed by atoms with E-state index in [0.717, 1.165) is 0 Å². The van der Waals surface area contributed by atoms with Gasteiger partial charge >= 0.3 is 0 Å². The molecule has 0 fully saturated rings. The van der Waals surface area contributed by atoms with Crippen LogP contribution in [0.3, 0.4) is 0 Å². The summed E-state index contributed by atoms with van der Waals surface area (Å²) in [4.78, 5) is 0.219. The highest BCUT2D eigenvalue weighted by Gasteiger charge is 2.19. The fourth-order valence-corrected chi connectivity index (χ4v) is 3.63. The molecule has 2 rings (SSSR count). The predicted octanol–water partition coefficient (Wildman–Crippen LogP) is 4.03. The first-order valence-corrected chi connectivity index (χ1v) is 8.16. The molecule has 2 aromatic rings. The molecule has 0 aliphatic heterocycles. The summed E-state index contributed by atoms with van der Waals surface area (Å²) in [5.74, 6) is 0. The molecule has 0 aromatic heterocycles. The first-order valence-electron chi connectivity index (χ1n) is 5.92. The number of halogens is 2. The monoisotopic (exact) mass is 329 g/mol. The highest BCUT2D eigenvalue weighted by molar-refractivity contribution is 7.89. The Kier molecular flexibility index (Phi) is 4.70. The van der Waals surface area contributed by atoms with Crippen LogP contribution >= 0.6 is 23.2 Å². The summed E-state index contributed by atoms with van der Waals surface area (Å²) in [6.45, 7) is 1.73. The van der Waals surface area contributed by atoms with Gasteiger partial charge in [-0.2, -0.15) is 0 Å². The Balaban J connectivity index is 2.25. The molecule has 0 radical (unpaired) electrons. The molecular weight excluding hydrogens is 317 g/mol. The van der Waals surface area contributed by atoms with Crippen LogP contribution in [-0.4, -0.2) is 8.42 Å². The van der Waals surface area contributed by atoms with Gasteiger partial charge in [-0.15, -0.1) is 0 Å². The van der Waals surface area contributed by atoms with E-state index in [0.29, 0.717) is 15.6 Å². The Labute approximate surface area is 128 Å². The Morgan fingerprint density at radius 3 is 2.30 bits per heavy atom.